The Kier molecular flexibility index (Phi) is 24.5. The molecule has 0 aliphatic carbocycles. The van der Waals surface area contributed by atoms with Crippen molar-refractivity contribution in [1.82, 2.24) is 5.32 Å². The van der Waals surface area contributed by atoms with E-state index in [-0.39, 0.29) is 31.3 Å². The van der Waals surface area contributed by atoms with Crippen LogP contribution in [-0.2, 0) is 38.1 Å². The van der Waals surface area contributed by atoms with E-state index >= 15 is 0 Å². The normalized spacial score (nSPS) is 10.9. The summed E-state index contributed by atoms with van der Waals surface area (Å²) in [6.45, 7) is 6.48. The lowest BCUT2D eigenvalue weighted by Gasteiger charge is -2.08. The molecule has 200 valence electrons. The first-order chi connectivity index (χ1) is 16.6. The fourth-order valence-electron chi connectivity index (χ4n) is 2.81. The van der Waals surface area contributed by atoms with Gasteiger partial charge in [-0.2, -0.15) is 0 Å². The number of ether oxygens (including phenoxy) is 5. The molecule has 0 bridgehead atoms. The Bertz CT molecular complexity index is 503. The van der Waals surface area contributed by atoms with Crippen molar-refractivity contribution in [2.45, 2.75) is 71.1 Å². The number of carboxylic acids is 1. The van der Waals surface area contributed by atoms with Gasteiger partial charge in [0.2, 0.25) is 5.91 Å². The third-order valence-electron chi connectivity index (χ3n) is 4.69. The number of hydrogen-bond donors (Lipinski definition) is 2. The van der Waals surface area contributed by atoms with Crippen LogP contribution in [0.1, 0.15) is 71.1 Å². The summed E-state index contributed by atoms with van der Waals surface area (Å²) in [7, 11) is 0. The molecule has 0 aromatic rings. The smallest absolute Gasteiger partial charge is 0.305 e. The third-order valence-corrected chi connectivity index (χ3v) is 4.69. The van der Waals surface area contributed by atoms with Gasteiger partial charge < -0.3 is 34.1 Å². The largest absolute Gasteiger partial charge is 0.481 e. The highest BCUT2D eigenvalue weighted by Gasteiger charge is 2.04. The van der Waals surface area contributed by atoms with Gasteiger partial charge in [-0.25, -0.2) is 0 Å². The van der Waals surface area contributed by atoms with E-state index in [9.17, 15) is 14.4 Å². The second-order valence-electron chi connectivity index (χ2n) is 7.78. The molecule has 0 fully saturated rings. The zero-order valence-corrected chi connectivity index (χ0v) is 20.9. The lowest BCUT2D eigenvalue weighted by atomic mass is 10.1. The molecule has 0 aliphatic heterocycles. The number of nitrogens with one attached hydrogen (secondary N) is 1. The predicted molar refractivity (Wildman–Crippen MR) is 127 cm³/mol. The number of carbonyl (C=O) groups is 3. The predicted octanol–water partition coefficient (Wildman–Crippen LogP) is 2.72. The van der Waals surface area contributed by atoms with E-state index in [0.717, 1.165) is 12.8 Å². The summed E-state index contributed by atoms with van der Waals surface area (Å²) >= 11 is 0. The lowest BCUT2D eigenvalue weighted by molar-refractivity contribution is -0.145. The minimum atomic E-state index is -0.981. The molecule has 0 rings (SSSR count). The molecule has 0 aromatic carbocycles. The molecule has 1 amide bonds. The lowest BCUT2D eigenvalue weighted by Crippen LogP contribution is -2.25. The van der Waals surface area contributed by atoms with Crippen LogP contribution >= 0.6 is 0 Å². The van der Waals surface area contributed by atoms with E-state index in [2.05, 4.69) is 12.2 Å². The molecule has 0 aliphatic rings. The van der Waals surface area contributed by atoms with Crippen molar-refractivity contribution in [1.29, 1.82) is 0 Å². The van der Waals surface area contributed by atoms with Gasteiger partial charge in [0, 0.05) is 26.0 Å². The molecule has 0 heterocycles. The van der Waals surface area contributed by atoms with Crippen molar-refractivity contribution in [3.8, 4) is 0 Å². The second-order valence-corrected chi connectivity index (χ2v) is 7.78. The fraction of sp³-hybridized carbons (Fsp3) is 0.875. The molecule has 0 atom stereocenters. The van der Waals surface area contributed by atoms with Gasteiger partial charge in [0.05, 0.1) is 52.7 Å². The van der Waals surface area contributed by atoms with Crippen molar-refractivity contribution in [2.24, 2.45) is 0 Å². The molecule has 10 nitrogen and oxygen atoms in total. The summed E-state index contributed by atoms with van der Waals surface area (Å²) in [6, 6.07) is 0. The Morgan fingerprint density at radius 1 is 0.618 bits per heavy atom. The zero-order chi connectivity index (χ0) is 25.1. The first-order valence-electron chi connectivity index (χ1n) is 12.5. The number of carboxylic acid groups (broad SMARTS) is 1. The Morgan fingerprint density at radius 3 is 1.74 bits per heavy atom. The Hall–Kier alpha value is -1.75. The number of unbranched alkanes of at least 4 members (excludes halogenated alkanes) is 5. The molecule has 0 radical (unpaired) electrons. The fourth-order valence-corrected chi connectivity index (χ4v) is 2.81. The molecule has 0 spiro atoms. The topological polar surface area (TPSA) is 130 Å². The Morgan fingerprint density at radius 2 is 1.15 bits per heavy atom. The van der Waals surface area contributed by atoms with Crippen LogP contribution in [0.4, 0.5) is 0 Å². The number of amides is 1. The SMILES string of the molecule is CCCCCCCCC(=O)OCCOCCOCCOCCOCCCNC(=O)CCC(=O)O. The highest BCUT2D eigenvalue weighted by atomic mass is 16.6. The van der Waals surface area contributed by atoms with Gasteiger partial charge in [0.25, 0.3) is 0 Å². The van der Waals surface area contributed by atoms with Crippen LogP contribution in [0.3, 0.4) is 0 Å². The molecule has 0 unspecified atom stereocenters. The minimum absolute atomic E-state index is 0.00694. The molecule has 0 saturated carbocycles. The van der Waals surface area contributed by atoms with Crippen LogP contribution in [0.2, 0.25) is 0 Å². The van der Waals surface area contributed by atoms with E-state index in [1.807, 2.05) is 0 Å². The number of rotatable bonds is 26. The van der Waals surface area contributed by atoms with Crippen molar-refractivity contribution in [2.75, 3.05) is 66.0 Å². The van der Waals surface area contributed by atoms with Gasteiger partial charge in [0.15, 0.2) is 0 Å². The van der Waals surface area contributed by atoms with E-state index in [1.165, 1.54) is 25.7 Å². The van der Waals surface area contributed by atoms with Crippen molar-refractivity contribution < 1.29 is 43.2 Å². The van der Waals surface area contributed by atoms with Gasteiger partial charge in [-0.3, -0.25) is 14.4 Å². The van der Waals surface area contributed by atoms with Crippen LogP contribution in [-0.4, -0.2) is 89.0 Å². The maximum Gasteiger partial charge on any atom is 0.305 e. The van der Waals surface area contributed by atoms with E-state index < -0.39 is 5.97 Å². The monoisotopic (exact) mass is 491 g/mol. The molecular weight excluding hydrogens is 446 g/mol. The maximum atomic E-state index is 11.6. The standard InChI is InChI=1S/C24H45NO9/c1-2-3-4-5-6-7-9-24(29)34-21-20-33-19-18-32-17-16-31-15-14-30-13-8-12-25-22(26)10-11-23(27)28/h2-21H2,1H3,(H,25,26)(H,27,28). The summed E-state index contributed by atoms with van der Waals surface area (Å²) in [5, 5.41) is 11.1. The number of esters is 1. The highest BCUT2D eigenvalue weighted by Crippen LogP contribution is 2.07. The van der Waals surface area contributed by atoms with Gasteiger partial charge in [-0.15, -0.1) is 0 Å². The average Bonchev–Trinajstić information content (AvgIpc) is 2.81. The summed E-state index contributed by atoms with van der Waals surface area (Å²) in [6.07, 6.45) is 7.86. The number of carbonyl (C=O) groups excluding carboxylic acids is 2. The van der Waals surface area contributed by atoms with Crippen LogP contribution in [0.25, 0.3) is 0 Å². The molecule has 10 heteroatoms. The molecule has 0 aromatic heterocycles. The summed E-state index contributed by atoms with van der Waals surface area (Å²) in [5.74, 6) is -1.40. The van der Waals surface area contributed by atoms with Crippen LogP contribution in [0, 0.1) is 0 Å². The quantitative estimate of drug-likeness (QED) is 0.139. The molecular formula is C24H45NO9. The van der Waals surface area contributed by atoms with Crippen LogP contribution < -0.4 is 5.32 Å². The van der Waals surface area contributed by atoms with Gasteiger partial charge in [-0.1, -0.05) is 39.0 Å². The van der Waals surface area contributed by atoms with E-state index in [4.69, 9.17) is 28.8 Å². The van der Waals surface area contributed by atoms with E-state index in [0.29, 0.717) is 72.2 Å². The number of aliphatic carboxylic acids is 1. The summed E-state index contributed by atoms with van der Waals surface area (Å²) < 4.78 is 26.7. The Balaban J connectivity index is 3.18. The molecule has 0 saturated heterocycles. The first kappa shape index (κ1) is 32.2. The van der Waals surface area contributed by atoms with Crippen molar-refractivity contribution in [3.05, 3.63) is 0 Å². The van der Waals surface area contributed by atoms with Gasteiger partial charge >= 0.3 is 11.9 Å². The van der Waals surface area contributed by atoms with Gasteiger partial charge in [-0.05, 0) is 12.8 Å². The van der Waals surface area contributed by atoms with E-state index in [1.54, 1.807) is 0 Å². The summed E-state index contributed by atoms with van der Waals surface area (Å²) in [5.41, 5.74) is 0. The maximum absolute atomic E-state index is 11.6. The second kappa shape index (κ2) is 25.9. The minimum Gasteiger partial charge on any atom is -0.481 e. The third kappa shape index (κ3) is 26.5. The highest BCUT2D eigenvalue weighted by molar-refractivity contribution is 5.80. The van der Waals surface area contributed by atoms with Crippen molar-refractivity contribution >= 4 is 17.8 Å². The number of hydrogen-bond acceptors (Lipinski definition) is 8. The van der Waals surface area contributed by atoms with Gasteiger partial charge in [0.1, 0.15) is 6.61 Å². The van der Waals surface area contributed by atoms with Crippen LogP contribution in [0.15, 0.2) is 0 Å². The van der Waals surface area contributed by atoms with Crippen LogP contribution in [0.5, 0.6) is 0 Å². The van der Waals surface area contributed by atoms with Crippen molar-refractivity contribution in [3.63, 3.8) is 0 Å². The zero-order valence-electron chi connectivity index (χ0n) is 20.9. The first-order valence-corrected chi connectivity index (χ1v) is 12.5. The molecule has 34 heavy (non-hydrogen) atoms. The summed E-state index contributed by atoms with van der Waals surface area (Å²) in [4.78, 5) is 33.3. The molecule has 2 N–H and O–H groups in total. The Labute approximate surface area is 204 Å². The average molecular weight is 492 g/mol.